The van der Waals surface area contributed by atoms with Gasteiger partial charge in [0.05, 0.1) is 0 Å². The zero-order chi connectivity index (χ0) is 15.5. The van der Waals surface area contributed by atoms with E-state index in [9.17, 15) is 4.79 Å². The van der Waals surface area contributed by atoms with E-state index >= 15 is 0 Å². The van der Waals surface area contributed by atoms with Gasteiger partial charge in [0, 0.05) is 25.2 Å². The maximum absolute atomic E-state index is 12.7. The van der Waals surface area contributed by atoms with Gasteiger partial charge in [-0.15, -0.1) is 0 Å². The monoisotopic (exact) mass is 294 g/mol. The fourth-order valence-corrected chi connectivity index (χ4v) is 3.16. The van der Waals surface area contributed by atoms with Crippen LogP contribution in [0, 0.1) is 0 Å². The lowest BCUT2D eigenvalue weighted by Gasteiger charge is -2.32. The standard InChI is InChI=1S/C19H22N2O/c1-21(19(22)16-8-6-14(13-20)7-9-16)18-11-10-15-4-2-3-5-17(15)12-18/h2-9,18H,10-13,20H2,1H3. The quantitative estimate of drug-likeness (QED) is 0.946. The highest BCUT2D eigenvalue weighted by Gasteiger charge is 2.25. The fourth-order valence-electron chi connectivity index (χ4n) is 3.16. The maximum atomic E-state index is 12.7. The first-order valence-electron chi connectivity index (χ1n) is 7.82. The molecule has 114 valence electrons. The topological polar surface area (TPSA) is 46.3 Å². The van der Waals surface area contributed by atoms with Crippen molar-refractivity contribution in [2.75, 3.05) is 7.05 Å². The highest BCUT2D eigenvalue weighted by atomic mass is 16.2. The van der Waals surface area contributed by atoms with Gasteiger partial charge in [-0.25, -0.2) is 0 Å². The Balaban J connectivity index is 1.73. The average molecular weight is 294 g/mol. The van der Waals surface area contributed by atoms with Gasteiger partial charge in [0.1, 0.15) is 0 Å². The smallest absolute Gasteiger partial charge is 0.253 e. The van der Waals surface area contributed by atoms with Crippen molar-refractivity contribution in [3.8, 4) is 0 Å². The van der Waals surface area contributed by atoms with E-state index in [1.165, 1.54) is 11.1 Å². The number of hydrogen-bond acceptors (Lipinski definition) is 2. The van der Waals surface area contributed by atoms with Crippen molar-refractivity contribution in [2.45, 2.75) is 31.8 Å². The molecule has 2 aromatic rings. The van der Waals surface area contributed by atoms with Crippen LogP contribution < -0.4 is 5.73 Å². The molecule has 1 aliphatic carbocycles. The van der Waals surface area contributed by atoms with Crippen LogP contribution in [0.3, 0.4) is 0 Å². The summed E-state index contributed by atoms with van der Waals surface area (Å²) in [4.78, 5) is 14.5. The zero-order valence-corrected chi connectivity index (χ0v) is 13.0. The van der Waals surface area contributed by atoms with Gasteiger partial charge in [-0.05, 0) is 48.1 Å². The molecule has 0 fully saturated rings. The van der Waals surface area contributed by atoms with E-state index in [2.05, 4.69) is 24.3 Å². The molecular formula is C19H22N2O. The zero-order valence-electron chi connectivity index (χ0n) is 13.0. The number of hydrogen-bond donors (Lipinski definition) is 1. The fraction of sp³-hybridized carbons (Fsp3) is 0.316. The molecule has 3 heteroatoms. The Hall–Kier alpha value is -2.13. The summed E-state index contributed by atoms with van der Waals surface area (Å²) in [5.74, 6) is 0.0907. The number of amides is 1. The number of fused-ring (bicyclic) bond motifs is 1. The van der Waals surface area contributed by atoms with Crippen LogP contribution in [0.5, 0.6) is 0 Å². The van der Waals surface area contributed by atoms with Crippen LogP contribution in [0.15, 0.2) is 48.5 Å². The molecule has 0 bridgehead atoms. The minimum absolute atomic E-state index is 0.0907. The van der Waals surface area contributed by atoms with Crippen LogP contribution in [0.4, 0.5) is 0 Å². The SMILES string of the molecule is CN(C(=O)c1ccc(CN)cc1)C1CCc2ccccc2C1. The van der Waals surface area contributed by atoms with E-state index in [0.29, 0.717) is 6.54 Å². The van der Waals surface area contributed by atoms with E-state index in [4.69, 9.17) is 5.73 Å². The number of likely N-dealkylation sites (N-methyl/N-ethyl adjacent to an activating group) is 1. The third-order valence-electron chi connectivity index (χ3n) is 4.63. The second-order valence-electron chi connectivity index (χ2n) is 5.98. The first-order valence-corrected chi connectivity index (χ1v) is 7.82. The average Bonchev–Trinajstić information content (AvgIpc) is 2.60. The first kappa shape index (κ1) is 14.8. The number of nitrogens with zero attached hydrogens (tertiary/aromatic N) is 1. The van der Waals surface area contributed by atoms with Crippen molar-refractivity contribution in [1.29, 1.82) is 0 Å². The molecule has 1 unspecified atom stereocenters. The highest BCUT2D eigenvalue weighted by molar-refractivity contribution is 5.94. The van der Waals surface area contributed by atoms with E-state index in [-0.39, 0.29) is 11.9 Å². The van der Waals surface area contributed by atoms with Crippen LogP contribution in [0.25, 0.3) is 0 Å². The highest BCUT2D eigenvalue weighted by Crippen LogP contribution is 2.24. The summed E-state index contributed by atoms with van der Waals surface area (Å²) in [6, 6.07) is 16.4. The third-order valence-corrected chi connectivity index (χ3v) is 4.63. The molecule has 0 aliphatic heterocycles. The molecule has 0 heterocycles. The molecule has 0 radical (unpaired) electrons. The van der Waals surface area contributed by atoms with Gasteiger partial charge in [0.25, 0.3) is 5.91 Å². The number of rotatable bonds is 3. The lowest BCUT2D eigenvalue weighted by molar-refractivity contribution is 0.0719. The minimum Gasteiger partial charge on any atom is -0.338 e. The summed E-state index contributed by atoms with van der Waals surface area (Å²) in [6.45, 7) is 0.504. The lowest BCUT2D eigenvalue weighted by atomic mass is 9.87. The molecule has 0 saturated carbocycles. The Kier molecular flexibility index (Phi) is 4.25. The minimum atomic E-state index is 0.0907. The number of aryl methyl sites for hydroxylation is 1. The molecule has 1 aliphatic rings. The van der Waals surface area contributed by atoms with Crippen molar-refractivity contribution in [3.05, 3.63) is 70.8 Å². The predicted molar refractivity (Wildman–Crippen MR) is 88.7 cm³/mol. The Morgan fingerprint density at radius 2 is 1.82 bits per heavy atom. The molecule has 1 atom stereocenters. The third kappa shape index (κ3) is 2.90. The van der Waals surface area contributed by atoms with Crippen LogP contribution in [-0.2, 0) is 19.4 Å². The molecule has 0 aromatic heterocycles. The molecular weight excluding hydrogens is 272 g/mol. The number of nitrogens with two attached hydrogens (primary N) is 1. The summed E-state index contributed by atoms with van der Waals surface area (Å²) in [5.41, 5.74) is 10.2. The van der Waals surface area contributed by atoms with Crippen molar-refractivity contribution in [2.24, 2.45) is 5.73 Å². The first-order chi connectivity index (χ1) is 10.7. The Labute approximate surface area is 131 Å². The molecule has 2 aromatic carbocycles. The number of benzene rings is 2. The van der Waals surface area contributed by atoms with E-state index in [0.717, 1.165) is 30.4 Å². The van der Waals surface area contributed by atoms with E-state index in [1.54, 1.807) is 0 Å². The largest absolute Gasteiger partial charge is 0.338 e. The van der Waals surface area contributed by atoms with Crippen molar-refractivity contribution in [1.82, 2.24) is 4.90 Å². The van der Waals surface area contributed by atoms with E-state index < -0.39 is 0 Å². The lowest BCUT2D eigenvalue weighted by Crippen LogP contribution is -2.40. The van der Waals surface area contributed by atoms with Crippen molar-refractivity contribution < 1.29 is 4.79 Å². The maximum Gasteiger partial charge on any atom is 0.253 e. The van der Waals surface area contributed by atoms with Gasteiger partial charge in [0.2, 0.25) is 0 Å². The summed E-state index contributed by atoms with van der Waals surface area (Å²) < 4.78 is 0. The predicted octanol–water partition coefficient (Wildman–Crippen LogP) is 2.77. The van der Waals surface area contributed by atoms with Gasteiger partial charge >= 0.3 is 0 Å². The van der Waals surface area contributed by atoms with E-state index in [1.807, 2.05) is 36.2 Å². The van der Waals surface area contributed by atoms with Gasteiger partial charge < -0.3 is 10.6 Å². The summed E-state index contributed by atoms with van der Waals surface area (Å²) >= 11 is 0. The van der Waals surface area contributed by atoms with Gasteiger partial charge in [-0.1, -0.05) is 36.4 Å². The second-order valence-corrected chi connectivity index (χ2v) is 5.98. The van der Waals surface area contributed by atoms with Crippen LogP contribution in [-0.4, -0.2) is 23.9 Å². The number of carbonyl (C=O) groups excluding carboxylic acids is 1. The Morgan fingerprint density at radius 3 is 2.50 bits per heavy atom. The second kappa shape index (κ2) is 6.32. The molecule has 2 N–H and O–H groups in total. The number of carbonyl (C=O) groups is 1. The van der Waals surface area contributed by atoms with Crippen LogP contribution in [0.1, 0.15) is 33.5 Å². The van der Waals surface area contributed by atoms with Gasteiger partial charge in [0.15, 0.2) is 0 Å². The molecule has 3 nitrogen and oxygen atoms in total. The van der Waals surface area contributed by atoms with Crippen molar-refractivity contribution in [3.63, 3.8) is 0 Å². The summed E-state index contributed by atoms with van der Waals surface area (Å²) in [6.07, 6.45) is 3.02. The normalized spacial score (nSPS) is 16.9. The van der Waals surface area contributed by atoms with Crippen LogP contribution in [0.2, 0.25) is 0 Å². The summed E-state index contributed by atoms with van der Waals surface area (Å²) in [7, 11) is 1.91. The molecule has 0 saturated heterocycles. The van der Waals surface area contributed by atoms with Gasteiger partial charge in [-0.3, -0.25) is 4.79 Å². The Bertz CT molecular complexity index is 663. The molecule has 22 heavy (non-hydrogen) atoms. The van der Waals surface area contributed by atoms with Gasteiger partial charge in [-0.2, -0.15) is 0 Å². The molecule has 3 rings (SSSR count). The van der Waals surface area contributed by atoms with Crippen LogP contribution >= 0.6 is 0 Å². The molecule has 0 spiro atoms. The summed E-state index contributed by atoms with van der Waals surface area (Å²) in [5, 5.41) is 0. The Morgan fingerprint density at radius 1 is 1.14 bits per heavy atom. The molecule has 1 amide bonds. The van der Waals surface area contributed by atoms with Crippen molar-refractivity contribution >= 4 is 5.91 Å².